The predicted octanol–water partition coefficient (Wildman–Crippen LogP) is 2.07. The monoisotopic (exact) mass is 543 g/mol. The van der Waals surface area contributed by atoms with Crippen molar-refractivity contribution in [2.45, 2.75) is 20.1 Å². The van der Waals surface area contributed by atoms with Gasteiger partial charge in [-0.2, -0.15) is 3.71 Å². The molecule has 0 atom stereocenters. The van der Waals surface area contributed by atoms with Crippen molar-refractivity contribution in [2.75, 3.05) is 21.5 Å². The van der Waals surface area contributed by atoms with E-state index in [1.54, 1.807) is 19.1 Å². The van der Waals surface area contributed by atoms with Crippen LogP contribution in [0, 0.1) is 6.92 Å². The van der Waals surface area contributed by atoms with Gasteiger partial charge in [-0.1, -0.05) is 42.5 Å². The molecule has 37 heavy (non-hydrogen) atoms. The molecule has 0 spiro atoms. The lowest BCUT2D eigenvalue weighted by Crippen LogP contribution is -2.35. The number of hydrogen-bond acceptors (Lipinski definition) is 9. The Morgan fingerprint density at radius 1 is 0.919 bits per heavy atom. The molecule has 2 aromatic carbocycles. The number of anilines is 2. The lowest BCUT2D eigenvalue weighted by molar-refractivity contribution is 0.0979. The molecule has 1 N–H and O–H groups in total. The van der Waals surface area contributed by atoms with Crippen molar-refractivity contribution in [3.8, 4) is 0 Å². The number of nitrogens with one attached hydrogen (secondary N) is 1. The fraction of sp³-hybridized carbons (Fsp3) is 0.208. The van der Waals surface area contributed by atoms with Crippen molar-refractivity contribution >= 4 is 42.5 Å². The quantitative estimate of drug-likeness (QED) is 0.336. The molecule has 0 aliphatic carbocycles. The Labute approximate surface area is 214 Å². The highest BCUT2D eigenvalue weighted by Crippen LogP contribution is 2.24. The van der Waals surface area contributed by atoms with Gasteiger partial charge in [0.1, 0.15) is 12.9 Å². The molecule has 0 saturated carbocycles. The molecule has 0 aliphatic rings. The van der Waals surface area contributed by atoms with E-state index in [2.05, 4.69) is 15.3 Å². The van der Waals surface area contributed by atoms with E-state index >= 15 is 0 Å². The van der Waals surface area contributed by atoms with Crippen molar-refractivity contribution in [1.29, 1.82) is 0 Å². The van der Waals surface area contributed by atoms with E-state index in [1.807, 2.05) is 30.3 Å². The van der Waals surface area contributed by atoms with Gasteiger partial charge in [0.2, 0.25) is 20.0 Å². The first kappa shape index (κ1) is 26.1. The maximum Gasteiger partial charge on any atom is 0.287 e. The fourth-order valence-electron chi connectivity index (χ4n) is 3.83. The summed E-state index contributed by atoms with van der Waals surface area (Å²) in [7, 11) is -8.07. The third-order valence-corrected chi connectivity index (χ3v) is 8.63. The molecule has 4 aromatic rings. The van der Waals surface area contributed by atoms with Gasteiger partial charge in [0.15, 0.2) is 5.65 Å². The first-order valence-corrected chi connectivity index (χ1v) is 14.7. The maximum absolute atomic E-state index is 12.9. The van der Waals surface area contributed by atoms with Crippen LogP contribution in [0.5, 0.6) is 0 Å². The SMILES string of the molecule is Cc1ncnc2c1c(NCc1ccc(N(S(C)(=O)=O)S(C)(=O)=O)cc1)cc(=O)n2OCc1ccccc1. The second-order valence-corrected chi connectivity index (χ2v) is 12.2. The van der Waals surface area contributed by atoms with Crippen LogP contribution in [-0.4, -0.2) is 44.0 Å². The zero-order valence-electron chi connectivity index (χ0n) is 20.3. The summed E-state index contributed by atoms with van der Waals surface area (Å²) >= 11 is 0. The van der Waals surface area contributed by atoms with Crippen LogP contribution < -0.4 is 19.4 Å². The molecule has 194 valence electrons. The lowest BCUT2D eigenvalue weighted by Gasteiger charge is -2.20. The largest absolute Gasteiger partial charge is 0.404 e. The predicted molar refractivity (Wildman–Crippen MR) is 141 cm³/mol. The van der Waals surface area contributed by atoms with E-state index < -0.39 is 25.6 Å². The molecule has 2 heterocycles. The summed E-state index contributed by atoms with van der Waals surface area (Å²) in [4.78, 5) is 27.2. The molecule has 0 amide bonds. The Morgan fingerprint density at radius 2 is 1.57 bits per heavy atom. The van der Waals surface area contributed by atoms with Gasteiger partial charge in [0.25, 0.3) is 5.56 Å². The highest BCUT2D eigenvalue weighted by molar-refractivity contribution is 8.09. The number of pyridine rings is 1. The molecule has 13 heteroatoms. The Morgan fingerprint density at radius 3 is 2.19 bits per heavy atom. The van der Waals surface area contributed by atoms with Crippen molar-refractivity contribution < 1.29 is 21.7 Å². The number of sulfonamides is 2. The highest BCUT2D eigenvalue weighted by Gasteiger charge is 2.27. The topological polar surface area (TPSA) is 141 Å². The Balaban J connectivity index is 1.61. The van der Waals surface area contributed by atoms with Gasteiger partial charge < -0.3 is 10.2 Å². The van der Waals surface area contributed by atoms with E-state index in [0.717, 1.165) is 28.4 Å². The lowest BCUT2D eigenvalue weighted by atomic mass is 10.2. The summed E-state index contributed by atoms with van der Waals surface area (Å²) < 4.78 is 49.5. The van der Waals surface area contributed by atoms with Gasteiger partial charge in [-0.3, -0.25) is 4.79 Å². The van der Waals surface area contributed by atoms with Crippen molar-refractivity contribution in [3.63, 3.8) is 0 Å². The minimum atomic E-state index is -4.04. The molecule has 4 rings (SSSR count). The molecule has 0 saturated heterocycles. The Bertz CT molecular complexity index is 1670. The second-order valence-electron chi connectivity index (χ2n) is 8.35. The first-order chi connectivity index (χ1) is 17.4. The number of nitrogens with zero attached hydrogens (tertiary/aromatic N) is 4. The summed E-state index contributed by atoms with van der Waals surface area (Å²) in [5.41, 5.74) is 2.64. The number of benzene rings is 2. The van der Waals surface area contributed by atoms with Gasteiger partial charge >= 0.3 is 0 Å². The summed E-state index contributed by atoms with van der Waals surface area (Å²) in [5, 5.41) is 3.80. The number of hydrogen-bond donors (Lipinski definition) is 1. The molecular formula is C24H25N5O6S2. The molecule has 0 radical (unpaired) electrons. The third kappa shape index (κ3) is 5.89. The van der Waals surface area contributed by atoms with E-state index in [4.69, 9.17) is 4.84 Å². The summed E-state index contributed by atoms with van der Waals surface area (Å²) in [6.07, 6.45) is 3.01. The van der Waals surface area contributed by atoms with Crippen LogP contribution in [0.2, 0.25) is 0 Å². The van der Waals surface area contributed by atoms with Gasteiger partial charge in [0, 0.05) is 12.6 Å². The van der Waals surface area contributed by atoms with Crippen LogP contribution in [0.15, 0.2) is 71.8 Å². The number of aromatic nitrogens is 3. The highest BCUT2D eigenvalue weighted by atomic mass is 32.3. The van der Waals surface area contributed by atoms with Crippen LogP contribution in [0.3, 0.4) is 0 Å². The fourth-order valence-corrected chi connectivity index (χ4v) is 6.81. The summed E-state index contributed by atoms with van der Waals surface area (Å²) in [6, 6.07) is 16.8. The molecule has 0 unspecified atom stereocenters. The van der Waals surface area contributed by atoms with E-state index in [-0.39, 0.29) is 18.8 Å². The normalized spacial score (nSPS) is 11.9. The van der Waals surface area contributed by atoms with Gasteiger partial charge in [0.05, 0.1) is 35.0 Å². The Kier molecular flexibility index (Phi) is 7.18. The van der Waals surface area contributed by atoms with Crippen molar-refractivity contribution in [1.82, 2.24) is 14.7 Å². The molecule has 2 aromatic heterocycles. The van der Waals surface area contributed by atoms with Crippen molar-refractivity contribution in [2.24, 2.45) is 0 Å². The minimum absolute atomic E-state index is 0.00149. The van der Waals surface area contributed by atoms with Crippen LogP contribution >= 0.6 is 0 Å². The van der Waals surface area contributed by atoms with Crippen LogP contribution in [0.4, 0.5) is 11.4 Å². The van der Waals surface area contributed by atoms with Crippen LogP contribution in [0.25, 0.3) is 11.0 Å². The maximum atomic E-state index is 12.9. The van der Waals surface area contributed by atoms with Gasteiger partial charge in [-0.15, -0.1) is 4.73 Å². The van der Waals surface area contributed by atoms with Crippen LogP contribution in [-0.2, 0) is 33.2 Å². The zero-order chi connectivity index (χ0) is 26.8. The molecule has 0 bridgehead atoms. The molecular weight excluding hydrogens is 518 g/mol. The van der Waals surface area contributed by atoms with Gasteiger partial charge in [-0.05, 0) is 30.2 Å². The molecule has 0 aliphatic heterocycles. The number of rotatable bonds is 9. The van der Waals surface area contributed by atoms with Crippen molar-refractivity contribution in [3.05, 3.63) is 94.2 Å². The first-order valence-electron chi connectivity index (χ1n) is 11.0. The molecule has 11 nitrogen and oxygen atoms in total. The van der Waals surface area contributed by atoms with E-state index in [9.17, 15) is 21.6 Å². The average Bonchev–Trinajstić information content (AvgIpc) is 2.82. The van der Waals surface area contributed by atoms with Gasteiger partial charge in [-0.25, -0.2) is 26.8 Å². The standard InChI is InChI=1S/C24H25N5O6S2/c1-17-23-21(25-14-18-9-11-20(12-10-18)29(36(2,31)32)37(3,33)34)13-22(30)28(24(23)27-16-26-17)35-15-19-7-5-4-6-8-19/h4-13,16,25H,14-15H2,1-3H3. The average molecular weight is 544 g/mol. The smallest absolute Gasteiger partial charge is 0.287 e. The minimum Gasteiger partial charge on any atom is -0.404 e. The van der Waals surface area contributed by atoms with E-state index in [1.165, 1.54) is 24.5 Å². The van der Waals surface area contributed by atoms with Crippen LogP contribution in [0.1, 0.15) is 16.8 Å². The number of aryl methyl sites for hydroxylation is 1. The zero-order valence-corrected chi connectivity index (χ0v) is 22.0. The summed E-state index contributed by atoms with van der Waals surface area (Å²) in [6.45, 7) is 2.23. The Hall–Kier alpha value is -3.97. The summed E-state index contributed by atoms with van der Waals surface area (Å²) in [5.74, 6) is 0. The third-order valence-electron chi connectivity index (χ3n) is 5.38. The van der Waals surface area contributed by atoms with E-state index in [0.29, 0.717) is 26.1 Å². The second kappa shape index (κ2) is 10.2. The number of fused-ring (bicyclic) bond motifs is 1. The molecule has 0 fully saturated rings.